The van der Waals surface area contributed by atoms with Crippen molar-refractivity contribution in [3.05, 3.63) is 12.7 Å². The van der Waals surface area contributed by atoms with E-state index in [9.17, 15) is 4.79 Å². The molecule has 0 radical (unpaired) electrons. The second-order valence-corrected chi connectivity index (χ2v) is 2.86. The molecular formula is C9H18N2O. The van der Waals surface area contributed by atoms with Gasteiger partial charge in [-0.2, -0.15) is 0 Å². The van der Waals surface area contributed by atoms with Gasteiger partial charge in [-0.3, -0.25) is 4.79 Å². The van der Waals surface area contributed by atoms with Gasteiger partial charge in [-0.05, 0) is 12.8 Å². The zero-order chi connectivity index (χ0) is 9.61. The summed E-state index contributed by atoms with van der Waals surface area (Å²) in [5, 5.41) is 2.69. The van der Waals surface area contributed by atoms with Crippen molar-refractivity contribution in [1.82, 2.24) is 5.32 Å². The lowest BCUT2D eigenvalue weighted by Gasteiger charge is -2.24. The van der Waals surface area contributed by atoms with Crippen LogP contribution in [0.1, 0.15) is 26.7 Å². The molecule has 0 atom stereocenters. The van der Waals surface area contributed by atoms with Crippen molar-refractivity contribution in [2.75, 3.05) is 6.54 Å². The fourth-order valence-electron chi connectivity index (χ4n) is 0.912. The molecule has 3 nitrogen and oxygen atoms in total. The fourth-order valence-corrected chi connectivity index (χ4v) is 0.912. The molecule has 0 aliphatic rings. The highest BCUT2D eigenvalue weighted by atomic mass is 16.2. The first kappa shape index (κ1) is 11.2. The summed E-state index contributed by atoms with van der Waals surface area (Å²) >= 11 is 0. The first-order valence-electron chi connectivity index (χ1n) is 4.28. The zero-order valence-electron chi connectivity index (χ0n) is 7.89. The molecule has 3 heteroatoms. The van der Waals surface area contributed by atoms with Crippen molar-refractivity contribution in [2.45, 2.75) is 32.2 Å². The average Bonchev–Trinajstić information content (AvgIpc) is 2.12. The van der Waals surface area contributed by atoms with Crippen molar-refractivity contribution in [3.8, 4) is 0 Å². The molecule has 0 spiro atoms. The Kier molecular flexibility index (Phi) is 4.59. The molecule has 0 aliphatic carbocycles. The fraction of sp³-hybridized carbons (Fsp3) is 0.667. The summed E-state index contributed by atoms with van der Waals surface area (Å²) in [5.41, 5.74) is 5.13. The standard InChI is InChI=1S/C9H18N2O/c1-4-7-11-8(12)9(10,5-2)6-3/h4H,1,5-7,10H2,2-3H3,(H,11,12). The lowest BCUT2D eigenvalue weighted by molar-refractivity contribution is -0.126. The van der Waals surface area contributed by atoms with Gasteiger partial charge in [0.1, 0.15) is 0 Å². The van der Waals surface area contributed by atoms with E-state index in [2.05, 4.69) is 11.9 Å². The van der Waals surface area contributed by atoms with Crippen LogP contribution in [0.2, 0.25) is 0 Å². The van der Waals surface area contributed by atoms with Crippen molar-refractivity contribution in [2.24, 2.45) is 5.73 Å². The highest BCUT2D eigenvalue weighted by Crippen LogP contribution is 2.10. The molecular weight excluding hydrogens is 152 g/mol. The van der Waals surface area contributed by atoms with Crippen LogP contribution in [0.4, 0.5) is 0 Å². The van der Waals surface area contributed by atoms with E-state index in [1.165, 1.54) is 0 Å². The molecule has 12 heavy (non-hydrogen) atoms. The first-order valence-corrected chi connectivity index (χ1v) is 4.28. The Bertz CT molecular complexity index is 162. The number of rotatable bonds is 5. The van der Waals surface area contributed by atoms with Crippen molar-refractivity contribution < 1.29 is 4.79 Å². The van der Waals surface area contributed by atoms with Gasteiger partial charge in [0.15, 0.2) is 0 Å². The molecule has 0 aromatic carbocycles. The third kappa shape index (κ3) is 2.66. The normalized spacial score (nSPS) is 10.9. The summed E-state index contributed by atoms with van der Waals surface area (Å²) in [5.74, 6) is -0.0904. The second kappa shape index (κ2) is 4.93. The highest BCUT2D eigenvalue weighted by Gasteiger charge is 2.28. The maximum Gasteiger partial charge on any atom is 0.240 e. The first-order chi connectivity index (χ1) is 5.60. The quantitative estimate of drug-likeness (QED) is 0.600. The van der Waals surface area contributed by atoms with Gasteiger partial charge >= 0.3 is 0 Å². The Balaban J connectivity index is 4.11. The smallest absolute Gasteiger partial charge is 0.240 e. The van der Waals surface area contributed by atoms with E-state index in [0.717, 1.165) is 0 Å². The molecule has 0 fully saturated rings. The number of carbonyl (C=O) groups is 1. The molecule has 70 valence electrons. The number of nitrogens with two attached hydrogens (primary N) is 1. The monoisotopic (exact) mass is 170 g/mol. The maximum absolute atomic E-state index is 11.4. The molecule has 0 bridgehead atoms. The molecule has 0 heterocycles. The van der Waals surface area contributed by atoms with Gasteiger partial charge in [0.25, 0.3) is 0 Å². The van der Waals surface area contributed by atoms with E-state index in [1.807, 2.05) is 13.8 Å². The van der Waals surface area contributed by atoms with Gasteiger partial charge in [-0.25, -0.2) is 0 Å². The van der Waals surface area contributed by atoms with Gasteiger partial charge in [0.2, 0.25) is 5.91 Å². The van der Waals surface area contributed by atoms with Crippen LogP contribution >= 0.6 is 0 Å². The van der Waals surface area contributed by atoms with Gasteiger partial charge in [-0.15, -0.1) is 6.58 Å². The maximum atomic E-state index is 11.4. The minimum Gasteiger partial charge on any atom is -0.351 e. The molecule has 0 saturated carbocycles. The van der Waals surface area contributed by atoms with Gasteiger partial charge < -0.3 is 11.1 Å². The summed E-state index contributed by atoms with van der Waals surface area (Å²) < 4.78 is 0. The lowest BCUT2D eigenvalue weighted by Crippen LogP contribution is -2.53. The van der Waals surface area contributed by atoms with Crippen LogP contribution in [0, 0.1) is 0 Å². The molecule has 0 unspecified atom stereocenters. The number of hydrogen-bond acceptors (Lipinski definition) is 2. The van der Waals surface area contributed by atoms with Crippen LogP contribution in [0.25, 0.3) is 0 Å². The summed E-state index contributed by atoms with van der Waals surface area (Å²) in [4.78, 5) is 11.4. The summed E-state index contributed by atoms with van der Waals surface area (Å²) in [6.45, 7) is 7.82. The minimum absolute atomic E-state index is 0.0904. The molecule has 0 saturated heterocycles. The van der Waals surface area contributed by atoms with E-state index < -0.39 is 5.54 Å². The third-order valence-electron chi connectivity index (χ3n) is 2.12. The largest absolute Gasteiger partial charge is 0.351 e. The van der Waals surface area contributed by atoms with Crippen LogP contribution in [0.5, 0.6) is 0 Å². The number of amides is 1. The Morgan fingerprint density at radius 3 is 2.42 bits per heavy atom. The van der Waals surface area contributed by atoms with E-state index in [4.69, 9.17) is 5.73 Å². The van der Waals surface area contributed by atoms with Crippen molar-refractivity contribution >= 4 is 5.91 Å². The van der Waals surface area contributed by atoms with Crippen molar-refractivity contribution in [1.29, 1.82) is 0 Å². The van der Waals surface area contributed by atoms with Crippen LogP contribution in [0.15, 0.2) is 12.7 Å². The number of hydrogen-bond donors (Lipinski definition) is 2. The SMILES string of the molecule is C=CCNC(=O)C(N)(CC)CC. The molecule has 0 aliphatic heterocycles. The molecule has 1 amide bonds. The van der Waals surface area contributed by atoms with E-state index in [-0.39, 0.29) is 5.91 Å². The highest BCUT2D eigenvalue weighted by molar-refractivity contribution is 5.85. The van der Waals surface area contributed by atoms with E-state index >= 15 is 0 Å². The molecule has 0 aromatic heterocycles. The molecule has 3 N–H and O–H groups in total. The molecule has 0 rings (SSSR count). The molecule has 0 aromatic rings. The van der Waals surface area contributed by atoms with Gasteiger partial charge in [0.05, 0.1) is 5.54 Å². The predicted molar refractivity (Wildman–Crippen MR) is 50.7 cm³/mol. The predicted octanol–water partition coefficient (Wildman–Crippen LogP) is 0.806. The summed E-state index contributed by atoms with van der Waals surface area (Å²) in [6, 6.07) is 0. The summed E-state index contributed by atoms with van der Waals surface area (Å²) in [7, 11) is 0. The van der Waals surface area contributed by atoms with E-state index in [1.54, 1.807) is 6.08 Å². The lowest BCUT2D eigenvalue weighted by atomic mass is 9.93. The van der Waals surface area contributed by atoms with Crippen LogP contribution < -0.4 is 11.1 Å². The zero-order valence-corrected chi connectivity index (χ0v) is 7.89. The average molecular weight is 170 g/mol. The number of nitrogens with one attached hydrogen (secondary N) is 1. The van der Waals surface area contributed by atoms with Crippen LogP contribution in [-0.2, 0) is 4.79 Å². The van der Waals surface area contributed by atoms with Crippen molar-refractivity contribution in [3.63, 3.8) is 0 Å². The van der Waals surface area contributed by atoms with Gasteiger partial charge in [-0.1, -0.05) is 19.9 Å². The number of carbonyl (C=O) groups excluding carboxylic acids is 1. The topological polar surface area (TPSA) is 55.1 Å². The summed E-state index contributed by atoms with van der Waals surface area (Å²) in [6.07, 6.45) is 2.96. The Labute approximate surface area is 74.0 Å². The van der Waals surface area contributed by atoms with Crippen LogP contribution in [-0.4, -0.2) is 18.0 Å². The Morgan fingerprint density at radius 2 is 2.08 bits per heavy atom. The third-order valence-corrected chi connectivity index (χ3v) is 2.12. The van der Waals surface area contributed by atoms with Crippen LogP contribution in [0.3, 0.4) is 0 Å². The Hall–Kier alpha value is -0.830. The second-order valence-electron chi connectivity index (χ2n) is 2.86. The van der Waals surface area contributed by atoms with E-state index in [0.29, 0.717) is 19.4 Å². The minimum atomic E-state index is -0.705. The Morgan fingerprint density at radius 1 is 1.58 bits per heavy atom. The van der Waals surface area contributed by atoms with Gasteiger partial charge in [0, 0.05) is 6.54 Å².